The summed E-state index contributed by atoms with van der Waals surface area (Å²) in [6.45, 7) is 2.70. The van der Waals surface area contributed by atoms with Crippen LogP contribution < -0.4 is 15.4 Å². The summed E-state index contributed by atoms with van der Waals surface area (Å²) in [5.41, 5.74) is 2.74. The number of fused-ring (bicyclic) bond motifs is 1. The topological polar surface area (TPSA) is 67.4 Å². The Bertz CT molecular complexity index is 756. The number of carbonyl (C=O) groups is 2. The highest BCUT2D eigenvalue weighted by Gasteiger charge is 2.22. The highest BCUT2D eigenvalue weighted by Crippen LogP contribution is 2.31. The largest absolute Gasteiger partial charge is 0.493 e. The van der Waals surface area contributed by atoms with E-state index in [1.807, 2.05) is 48.5 Å². The van der Waals surface area contributed by atoms with Crippen LogP contribution in [0.25, 0.3) is 0 Å². The Labute approximate surface area is 147 Å². The molecule has 0 aliphatic carbocycles. The number of amides is 2. The van der Waals surface area contributed by atoms with Crippen LogP contribution in [0.3, 0.4) is 0 Å². The van der Waals surface area contributed by atoms with E-state index < -0.39 is 0 Å². The highest BCUT2D eigenvalue weighted by atomic mass is 16.5. The molecule has 3 rings (SSSR count). The lowest BCUT2D eigenvalue weighted by atomic mass is 10.00. The summed E-state index contributed by atoms with van der Waals surface area (Å²) in [6, 6.07) is 15.3. The number of hydrogen-bond acceptors (Lipinski definition) is 3. The predicted octanol–water partition coefficient (Wildman–Crippen LogP) is 2.62. The predicted molar refractivity (Wildman–Crippen MR) is 95.6 cm³/mol. The van der Waals surface area contributed by atoms with Crippen molar-refractivity contribution in [2.45, 2.75) is 25.8 Å². The first-order chi connectivity index (χ1) is 12.1. The van der Waals surface area contributed by atoms with Gasteiger partial charge in [-0.25, -0.2) is 0 Å². The van der Waals surface area contributed by atoms with Crippen molar-refractivity contribution in [1.29, 1.82) is 0 Å². The van der Waals surface area contributed by atoms with Crippen molar-refractivity contribution in [2.24, 2.45) is 0 Å². The molecule has 2 aromatic rings. The summed E-state index contributed by atoms with van der Waals surface area (Å²) < 4.78 is 5.63. The van der Waals surface area contributed by atoms with Gasteiger partial charge in [0, 0.05) is 31.0 Å². The second-order valence-corrected chi connectivity index (χ2v) is 6.13. The van der Waals surface area contributed by atoms with Crippen LogP contribution in [0.2, 0.25) is 0 Å². The molecule has 0 saturated carbocycles. The number of nitrogens with one attached hydrogen (secondary N) is 2. The number of para-hydroxylation sites is 1. The summed E-state index contributed by atoms with van der Waals surface area (Å²) in [6.07, 6.45) is 1.51. The molecule has 2 aromatic carbocycles. The van der Waals surface area contributed by atoms with E-state index in [1.54, 1.807) is 0 Å². The summed E-state index contributed by atoms with van der Waals surface area (Å²) in [4.78, 5) is 23.4. The monoisotopic (exact) mass is 338 g/mol. The van der Waals surface area contributed by atoms with Gasteiger partial charge >= 0.3 is 0 Å². The maximum absolute atomic E-state index is 12.5. The standard InChI is InChI=1S/C20H22N2O3/c1-14(23)21-12-10-15-6-8-16(9-7-15)20(24)22-18-11-13-25-19-5-3-2-4-17(18)19/h2-9,18H,10-13H2,1H3,(H,21,23)(H,22,24)/t18-/m0/s1. The van der Waals surface area contributed by atoms with Crippen molar-refractivity contribution in [3.05, 3.63) is 65.2 Å². The Morgan fingerprint density at radius 2 is 1.88 bits per heavy atom. The Kier molecular flexibility index (Phi) is 5.33. The summed E-state index contributed by atoms with van der Waals surface area (Å²) >= 11 is 0. The molecule has 0 saturated heterocycles. The minimum absolute atomic E-state index is 0.0307. The summed E-state index contributed by atoms with van der Waals surface area (Å²) in [5, 5.41) is 5.86. The van der Waals surface area contributed by atoms with Crippen molar-refractivity contribution in [2.75, 3.05) is 13.2 Å². The Morgan fingerprint density at radius 3 is 2.64 bits per heavy atom. The number of hydrogen-bond donors (Lipinski definition) is 2. The second-order valence-electron chi connectivity index (χ2n) is 6.13. The van der Waals surface area contributed by atoms with Crippen LogP contribution in [0.15, 0.2) is 48.5 Å². The van der Waals surface area contributed by atoms with Gasteiger partial charge < -0.3 is 15.4 Å². The third-order valence-corrected chi connectivity index (χ3v) is 4.27. The van der Waals surface area contributed by atoms with Crippen molar-refractivity contribution < 1.29 is 14.3 Å². The minimum Gasteiger partial charge on any atom is -0.493 e. The van der Waals surface area contributed by atoms with E-state index in [9.17, 15) is 9.59 Å². The molecule has 1 heterocycles. The van der Waals surface area contributed by atoms with Crippen molar-refractivity contribution in [3.63, 3.8) is 0 Å². The van der Waals surface area contributed by atoms with Gasteiger partial charge in [-0.05, 0) is 30.2 Å². The number of rotatable bonds is 5. The van der Waals surface area contributed by atoms with E-state index >= 15 is 0 Å². The molecule has 2 N–H and O–H groups in total. The van der Waals surface area contributed by atoms with E-state index in [0.29, 0.717) is 18.7 Å². The molecular weight excluding hydrogens is 316 g/mol. The molecule has 1 aliphatic rings. The lowest BCUT2D eigenvalue weighted by Crippen LogP contribution is -2.32. The first-order valence-electron chi connectivity index (χ1n) is 8.49. The average molecular weight is 338 g/mol. The zero-order valence-corrected chi connectivity index (χ0v) is 14.2. The normalized spacial score (nSPS) is 15.6. The fraction of sp³-hybridized carbons (Fsp3) is 0.300. The van der Waals surface area contributed by atoms with Gasteiger partial charge in [0.15, 0.2) is 0 Å². The zero-order valence-electron chi connectivity index (χ0n) is 14.2. The average Bonchev–Trinajstić information content (AvgIpc) is 2.62. The molecule has 25 heavy (non-hydrogen) atoms. The molecule has 0 fully saturated rings. The van der Waals surface area contributed by atoms with Gasteiger partial charge in [-0.3, -0.25) is 9.59 Å². The van der Waals surface area contributed by atoms with Crippen LogP contribution in [0.4, 0.5) is 0 Å². The van der Waals surface area contributed by atoms with Crippen molar-refractivity contribution in [3.8, 4) is 5.75 Å². The Hall–Kier alpha value is -2.82. The molecular formula is C20H22N2O3. The van der Waals surface area contributed by atoms with Gasteiger partial charge in [-0.15, -0.1) is 0 Å². The van der Waals surface area contributed by atoms with Gasteiger partial charge in [0.05, 0.1) is 12.6 Å². The molecule has 0 spiro atoms. The fourth-order valence-corrected chi connectivity index (χ4v) is 2.94. The molecule has 0 unspecified atom stereocenters. The number of benzene rings is 2. The van der Waals surface area contributed by atoms with Gasteiger partial charge in [0.25, 0.3) is 5.91 Å². The van der Waals surface area contributed by atoms with Gasteiger partial charge in [-0.1, -0.05) is 30.3 Å². The molecule has 5 heteroatoms. The lowest BCUT2D eigenvalue weighted by Gasteiger charge is -2.26. The summed E-state index contributed by atoms with van der Waals surface area (Å²) in [5.74, 6) is 0.718. The van der Waals surface area contributed by atoms with Gasteiger partial charge in [-0.2, -0.15) is 0 Å². The van der Waals surface area contributed by atoms with Crippen molar-refractivity contribution >= 4 is 11.8 Å². The Balaban J connectivity index is 1.61. The van der Waals surface area contributed by atoms with E-state index in [0.717, 1.165) is 29.7 Å². The fourth-order valence-electron chi connectivity index (χ4n) is 2.94. The molecule has 130 valence electrons. The first kappa shape index (κ1) is 17.0. The smallest absolute Gasteiger partial charge is 0.251 e. The minimum atomic E-state index is -0.0879. The third kappa shape index (κ3) is 4.38. The van der Waals surface area contributed by atoms with Crippen LogP contribution in [0.5, 0.6) is 5.75 Å². The molecule has 0 bridgehead atoms. The molecule has 0 radical (unpaired) electrons. The maximum Gasteiger partial charge on any atom is 0.251 e. The number of ether oxygens (including phenoxy) is 1. The van der Waals surface area contributed by atoms with Gasteiger partial charge in [0.1, 0.15) is 5.75 Å². The van der Waals surface area contributed by atoms with Crippen molar-refractivity contribution in [1.82, 2.24) is 10.6 Å². The van der Waals surface area contributed by atoms with Crippen LogP contribution in [-0.4, -0.2) is 25.0 Å². The maximum atomic E-state index is 12.5. The van der Waals surface area contributed by atoms with E-state index in [1.165, 1.54) is 6.92 Å². The van der Waals surface area contributed by atoms with Crippen LogP contribution in [0.1, 0.15) is 40.9 Å². The third-order valence-electron chi connectivity index (χ3n) is 4.27. The molecule has 1 aliphatic heterocycles. The lowest BCUT2D eigenvalue weighted by molar-refractivity contribution is -0.118. The van der Waals surface area contributed by atoms with Gasteiger partial charge in [0.2, 0.25) is 5.91 Å². The van der Waals surface area contributed by atoms with E-state index in [2.05, 4.69) is 10.6 Å². The van der Waals surface area contributed by atoms with E-state index in [-0.39, 0.29) is 17.9 Å². The van der Waals surface area contributed by atoms with E-state index in [4.69, 9.17) is 4.74 Å². The molecule has 5 nitrogen and oxygen atoms in total. The second kappa shape index (κ2) is 7.83. The van der Waals surface area contributed by atoms with Crippen LogP contribution >= 0.6 is 0 Å². The molecule has 0 aromatic heterocycles. The van der Waals surface area contributed by atoms with Crippen LogP contribution in [0, 0.1) is 0 Å². The Morgan fingerprint density at radius 1 is 1.12 bits per heavy atom. The first-order valence-corrected chi connectivity index (χ1v) is 8.49. The summed E-state index contributed by atoms with van der Waals surface area (Å²) in [7, 11) is 0. The molecule has 2 amide bonds. The zero-order chi connectivity index (χ0) is 17.6. The SMILES string of the molecule is CC(=O)NCCc1ccc(C(=O)N[C@H]2CCOc3ccccc32)cc1. The molecule has 1 atom stereocenters. The number of carbonyl (C=O) groups excluding carboxylic acids is 2. The highest BCUT2D eigenvalue weighted by molar-refractivity contribution is 5.94. The quantitative estimate of drug-likeness (QED) is 0.881. The van der Waals surface area contributed by atoms with Crippen LogP contribution in [-0.2, 0) is 11.2 Å².